The van der Waals surface area contributed by atoms with E-state index in [0.29, 0.717) is 5.56 Å². The highest BCUT2D eigenvalue weighted by Gasteiger charge is 2.50. The van der Waals surface area contributed by atoms with Gasteiger partial charge in [0.15, 0.2) is 11.4 Å². The quantitative estimate of drug-likeness (QED) is 0.356. The Bertz CT molecular complexity index is 1490. The largest absolute Gasteiger partial charge is 0.480 e. The number of nitrogens with zero attached hydrogens (tertiary/aromatic N) is 1. The zero-order chi connectivity index (χ0) is 29.4. The molecule has 8 nitrogen and oxygen atoms in total. The van der Waals surface area contributed by atoms with Crippen LogP contribution in [0, 0.1) is 11.6 Å². The molecule has 0 aliphatic carbocycles. The van der Waals surface area contributed by atoms with E-state index in [4.69, 9.17) is 25.8 Å². The lowest BCUT2D eigenvalue weighted by molar-refractivity contribution is 0.0539. The van der Waals surface area contributed by atoms with Gasteiger partial charge in [0.25, 0.3) is 11.8 Å². The normalized spacial score (nSPS) is 24.8. The molecule has 4 atom stereocenters. The summed E-state index contributed by atoms with van der Waals surface area (Å²) in [5.74, 6) is -3.15. The number of benzene rings is 2. The highest BCUT2D eigenvalue weighted by molar-refractivity contribution is 6.34. The highest BCUT2D eigenvalue weighted by Crippen LogP contribution is 2.52. The molecule has 0 spiro atoms. The van der Waals surface area contributed by atoms with Crippen molar-refractivity contribution in [1.82, 2.24) is 15.6 Å². The van der Waals surface area contributed by atoms with Crippen LogP contribution in [-0.4, -0.2) is 67.2 Å². The average molecular weight is 604 g/mol. The average Bonchev–Trinajstić information content (AvgIpc) is 3.75. The molecule has 0 radical (unpaired) electrons. The maximum Gasteiger partial charge on any atom is 0.253 e. The number of hydrogen-bond donors (Lipinski definition) is 3. The first-order chi connectivity index (χ1) is 20.3. The first kappa shape index (κ1) is 28.7. The lowest BCUT2D eigenvalue weighted by Crippen LogP contribution is -2.48. The first-order valence-electron chi connectivity index (χ1n) is 13.8. The number of ether oxygens (including phenoxy) is 3. The molecule has 0 saturated carbocycles. The Hall–Kier alpha value is -3.38. The van der Waals surface area contributed by atoms with Crippen LogP contribution in [0.3, 0.4) is 0 Å². The summed E-state index contributed by atoms with van der Waals surface area (Å²) in [5.41, 5.74) is -0.458. The summed E-state index contributed by atoms with van der Waals surface area (Å²) in [4.78, 5) is 17.4. The molecule has 3 N–H and O–H groups in total. The molecule has 4 heterocycles. The van der Waals surface area contributed by atoms with Crippen molar-refractivity contribution in [2.24, 2.45) is 0 Å². The monoisotopic (exact) mass is 603 g/mol. The standard InChI is InChI=1S/C30H29ClF3N3O5/c31-26-19(32)11-22-17(12-30(42-22,23-7-4-8-35-23)16-5-2-1-3-6-16)24(26)25-18(13-36-29(27(25)34)41-10-9-38)28(39)37-21-15-40-14-20(21)33/h1-3,5-6,11,13,20-21,23,35,38H,4,7-10,12,14-15H2,(H,37,39)/t20-,21-,23-,30-/m0/s1. The van der Waals surface area contributed by atoms with Gasteiger partial charge in [-0.15, -0.1) is 0 Å². The number of carbonyl (C=O) groups is 1. The molecule has 12 heteroatoms. The maximum absolute atomic E-state index is 16.3. The number of carbonyl (C=O) groups excluding carboxylic acids is 1. The van der Waals surface area contributed by atoms with Gasteiger partial charge in [-0.2, -0.15) is 0 Å². The van der Waals surface area contributed by atoms with Gasteiger partial charge in [0.2, 0.25) is 0 Å². The van der Waals surface area contributed by atoms with Gasteiger partial charge in [0.1, 0.15) is 24.3 Å². The molecule has 6 rings (SSSR count). The van der Waals surface area contributed by atoms with Crippen LogP contribution in [-0.2, 0) is 16.8 Å². The van der Waals surface area contributed by atoms with Gasteiger partial charge in [-0.3, -0.25) is 4.79 Å². The summed E-state index contributed by atoms with van der Waals surface area (Å²) < 4.78 is 63.1. The van der Waals surface area contributed by atoms with E-state index in [2.05, 4.69) is 15.6 Å². The molecule has 0 unspecified atom stereocenters. The molecule has 0 bridgehead atoms. The summed E-state index contributed by atoms with van der Waals surface area (Å²) in [7, 11) is 0. The van der Waals surface area contributed by atoms with Crippen LogP contribution in [0.5, 0.6) is 11.6 Å². The first-order valence-corrected chi connectivity index (χ1v) is 14.2. The Morgan fingerprint density at radius 3 is 2.74 bits per heavy atom. The summed E-state index contributed by atoms with van der Waals surface area (Å²) in [6, 6.07) is 9.56. The van der Waals surface area contributed by atoms with Gasteiger partial charge < -0.3 is 30.0 Å². The van der Waals surface area contributed by atoms with Gasteiger partial charge >= 0.3 is 0 Å². The molecule has 3 aromatic rings. The Morgan fingerprint density at radius 2 is 2.05 bits per heavy atom. The van der Waals surface area contributed by atoms with E-state index in [1.54, 1.807) is 0 Å². The van der Waals surface area contributed by atoms with Crippen molar-refractivity contribution >= 4 is 17.5 Å². The second-order valence-corrected chi connectivity index (χ2v) is 11.0. The topological polar surface area (TPSA) is 102 Å². The summed E-state index contributed by atoms with van der Waals surface area (Å²) in [6.45, 7) is -0.170. The second-order valence-electron chi connectivity index (χ2n) is 10.6. The van der Waals surface area contributed by atoms with Crippen molar-refractivity contribution in [3.05, 3.63) is 75.9 Å². The predicted octanol–water partition coefficient (Wildman–Crippen LogP) is 4.10. The molecule has 2 aromatic carbocycles. The minimum atomic E-state index is -1.46. The summed E-state index contributed by atoms with van der Waals surface area (Å²) >= 11 is 6.58. The van der Waals surface area contributed by atoms with Crippen LogP contribution in [0.25, 0.3) is 11.1 Å². The van der Waals surface area contributed by atoms with Gasteiger partial charge in [0, 0.05) is 35.4 Å². The number of fused-ring (bicyclic) bond motifs is 1. The van der Waals surface area contributed by atoms with Crippen molar-refractivity contribution in [3.8, 4) is 22.8 Å². The fraction of sp³-hybridized carbons (Fsp3) is 0.400. The molecule has 2 fully saturated rings. The molecular formula is C30H29ClF3N3O5. The Morgan fingerprint density at radius 1 is 1.24 bits per heavy atom. The third-order valence-corrected chi connectivity index (χ3v) is 8.41. The van der Waals surface area contributed by atoms with Crippen molar-refractivity contribution in [2.75, 3.05) is 33.0 Å². The SMILES string of the molecule is O=C(N[C@H]1COC[C@@H]1F)c1cnc(OCCO)c(F)c1-c1c(Cl)c(F)cc2c1C[C@](c1ccccc1)([C@@H]1CCCN1)O2. The molecule has 2 saturated heterocycles. The van der Waals surface area contributed by atoms with Crippen LogP contribution in [0.15, 0.2) is 42.6 Å². The number of nitrogens with one attached hydrogen (secondary N) is 2. The molecule has 3 aliphatic heterocycles. The number of hydrogen-bond acceptors (Lipinski definition) is 7. The molecule has 1 aromatic heterocycles. The predicted molar refractivity (Wildman–Crippen MR) is 148 cm³/mol. The van der Waals surface area contributed by atoms with E-state index in [1.165, 1.54) is 6.07 Å². The van der Waals surface area contributed by atoms with Crippen molar-refractivity contribution in [1.29, 1.82) is 0 Å². The number of rotatable bonds is 8. The van der Waals surface area contributed by atoms with Gasteiger partial charge in [0.05, 0.1) is 42.5 Å². The van der Waals surface area contributed by atoms with E-state index >= 15 is 8.78 Å². The van der Waals surface area contributed by atoms with E-state index in [1.807, 2.05) is 30.3 Å². The fourth-order valence-corrected chi connectivity index (χ4v) is 6.32. The fourth-order valence-electron chi connectivity index (χ4n) is 6.06. The number of amides is 1. The van der Waals surface area contributed by atoms with Crippen LogP contribution in [0.1, 0.15) is 34.3 Å². The number of aliphatic hydroxyl groups is 1. The Labute approximate surface area is 245 Å². The van der Waals surface area contributed by atoms with Crippen molar-refractivity contribution < 1.29 is 37.3 Å². The molecule has 42 heavy (non-hydrogen) atoms. The Kier molecular flexibility index (Phi) is 8.01. The number of aliphatic hydroxyl groups excluding tert-OH is 1. The number of alkyl halides is 1. The minimum Gasteiger partial charge on any atom is -0.480 e. The van der Waals surface area contributed by atoms with Crippen LogP contribution >= 0.6 is 11.6 Å². The highest BCUT2D eigenvalue weighted by atomic mass is 35.5. The summed E-state index contributed by atoms with van der Waals surface area (Å²) in [5, 5.41) is 14.8. The van der Waals surface area contributed by atoms with Crippen LogP contribution < -0.4 is 20.1 Å². The minimum absolute atomic E-state index is 0.0617. The molecule has 222 valence electrons. The number of aromatic nitrogens is 1. The smallest absolute Gasteiger partial charge is 0.253 e. The van der Waals surface area contributed by atoms with Crippen molar-refractivity contribution in [3.63, 3.8) is 0 Å². The lowest BCUT2D eigenvalue weighted by atomic mass is 9.80. The van der Waals surface area contributed by atoms with Gasteiger partial charge in [-0.1, -0.05) is 41.9 Å². The maximum atomic E-state index is 16.3. The zero-order valence-electron chi connectivity index (χ0n) is 22.5. The van der Waals surface area contributed by atoms with E-state index in [9.17, 15) is 14.3 Å². The zero-order valence-corrected chi connectivity index (χ0v) is 23.2. The third kappa shape index (κ3) is 4.98. The number of pyridine rings is 1. The summed E-state index contributed by atoms with van der Waals surface area (Å²) in [6.07, 6.45) is 1.51. The van der Waals surface area contributed by atoms with Crippen LogP contribution in [0.4, 0.5) is 13.2 Å². The second kappa shape index (κ2) is 11.7. The van der Waals surface area contributed by atoms with E-state index < -0.39 is 52.9 Å². The molecule has 3 aliphatic rings. The van der Waals surface area contributed by atoms with Crippen molar-refractivity contribution in [2.45, 2.75) is 43.1 Å². The number of halogens is 4. The Balaban J connectivity index is 1.52. The van der Waals surface area contributed by atoms with Crippen LogP contribution in [0.2, 0.25) is 5.02 Å². The van der Waals surface area contributed by atoms with Gasteiger partial charge in [-0.25, -0.2) is 18.2 Å². The van der Waals surface area contributed by atoms with E-state index in [-0.39, 0.29) is 54.7 Å². The van der Waals surface area contributed by atoms with Gasteiger partial charge in [-0.05, 0) is 24.9 Å². The molecule has 1 amide bonds. The third-order valence-electron chi connectivity index (χ3n) is 8.04. The molecular weight excluding hydrogens is 575 g/mol. The van der Waals surface area contributed by atoms with E-state index in [0.717, 1.165) is 31.1 Å². The lowest BCUT2D eigenvalue weighted by Gasteiger charge is -2.35.